The number of benzene rings is 3. The van der Waals surface area contributed by atoms with Crippen LogP contribution in [0, 0.1) is 0 Å². The second-order valence-corrected chi connectivity index (χ2v) is 8.68. The molecule has 38 heavy (non-hydrogen) atoms. The Labute approximate surface area is 223 Å². The molecule has 0 atom stereocenters. The van der Waals surface area contributed by atoms with E-state index in [-0.39, 0.29) is 11.7 Å². The first kappa shape index (κ1) is 26.4. The lowest BCUT2D eigenvalue weighted by atomic mass is 10.2. The van der Waals surface area contributed by atoms with Crippen LogP contribution in [0.5, 0.6) is 11.5 Å². The first-order chi connectivity index (χ1) is 18.5. The third-order valence-corrected chi connectivity index (χ3v) is 6.00. The Hall–Kier alpha value is -4.64. The van der Waals surface area contributed by atoms with E-state index in [4.69, 9.17) is 14.6 Å². The SMILES string of the molecule is CCOc1ccc(-n2c(SCC(=O)N/N=C/c3ccccc3OCC(=O)O)nnc2-c2ccccc2)cc1. The molecule has 0 aliphatic carbocycles. The second kappa shape index (κ2) is 13.1. The Morgan fingerprint density at radius 3 is 2.47 bits per heavy atom. The fraction of sp³-hybridized carbons (Fsp3) is 0.148. The highest BCUT2D eigenvalue weighted by Crippen LogP contribution is 2.28. The van der Waals surface area contributed by atoms with Gasteiger partial charge in [-0.2, -0.15) is 5.10 Å². The fourth-order valence-electron chi connectivity index (χ4n) is 3.42. The van der Waals surface area contributed by atoms with E-state index < -0.39 is 12.6 Å². The monoisotopic (exact) mass is 531 g/mol. The van der Waals surface area contributed by atoms with Gasteiger partial charge in [0.2, 0.25) is 0 Å². The number of ether oxygens (including phenoxy) is 2. The second-order valence-electron chi connectivity index (χ2n) is 7.74. The zero-order valence-electron chi connectivity index (χ0n) is 20.5. The minimum atomic E-state index is -1.09. The number of carbonyl (C=O) groups excluding carboxylic acids is 1. The van der Waals surface area contributed by atoms with Gasteiger partial charge in [-0.25, -0.2) is 10.2 Å². The van der Waals surface area contributed by atoms with Crippen LogP contribution in [-0.4, -0.2) is 56.9 Å². The molecule has 0 bridgehead atoms. The number of amides is 1. The van der Waals surface area contributed by atoms with Crippen molar-refractivity contribution in [1.82, 2.24) is 20.2 Å². The third kappa shape index (κ3) is 6.98. The van der Waals surface area contributed by atoms with Gasteiger partial charge in [0.05, 0.1) is 18.6 Å². The largest absolute Gasteiger partial charge is 0.494 e. The van der Waals surface area contributed by atoms with Crippen LogP contribution in [0.25, 0.3) is 17.1 Å². The van der Waals surface area contributed by atoms with Gasteiger partial charge in [0, 0.05) is 16.8 Å². The summed E-state index contributed by atoms with van der Waals surface area (Å²) in [6.45, 7) is 2.02. The van der Waals surface area contributed by atoms with Gasteiger partial charge in [0.1, 0.15) is 11.5 Å². The minimum Gasteiger partial charge on any atom is -0.494 e. The number of hydrazone groups is 1. The molecule has 0 spiro atoms. The maximum absolute atomic E-state index is 12.5. The Bertz CT molecular complexity index is 1410. The van der Waals surface area contributed by atoms with E-state index in [0.717, 1.165) is 17.0 Å². The number of hydrogen-bond donors (Lipinski definition) is 2. The van der Waals surface area contributed by atoms with Crippen LogP contribution < -0.4 is 14.9 Å². The highest BCUT2D eigenvalue weighted by Gasteiger charge is 2.17. The average Bonchev–Trinajstić information content (AvgIpc) is 3.36. The topological polar surface area (TPSA) is 128 Å². The molecule has 4 rings (SSSR count). The normalized spacial score (nSPS) is 10.9. The van der Waals surface area contributed by atoms with Crippen LogP contribution in [0.15, 0.2) is 89.1 Å². The zero-order chi connectivity index (χ0) is 26.7. The average molecular weight is 532 g/mol. The van der Waals surface area contributed by atoms with Gasteiger partial charge in [-0.1, -0.05) is 54.2 Å². The van der Waals surface area contributed by atoms with E-state index in [9.17, 15) is 9.59 Å². The first-order valence-electron chi connectivity index (χ1n) is 11.7. The minimum absolute atomic E-state index is 0.0401. The Morgan fingerprint density at radius 1 is 1.00 bits per heavy atom. The maximum Gasteiger partial charge on any atom is 0.341 e. The highest BCUT2D eigenvalue weighted by atomic mass is 32.2. The van der Waals surface area contributed by atoms with Crippen LogP contribution in [0.1, 0.15) is 12.5 Å². The van der Waals surface area contributed by atoms with Gasteiger partial charge in [-0.15, -0.1) is 10.2 Å². The molecule has 1 aromatic heterocycles. The Balaban J connectivity index is 1.46. The van der Waals surface area contributed by atoms with Gasteiger partial charge >= 0.3 is 5.97 Å². The summed E-state index contributed by atoms with van der Waals surface area (Å²) in [6, 6.07) is 24.1. The van der Waals surface area contributed by atoms with Crippen LogP contribution >= 0.6 is 11.8 Å². The molecule has 0 aliphatic rings. The number of carbonyl (C=O) groups is 2. The number of carboxylic acid groups (broad SMARTS) is 1. The number of aromatic nitrogens is 3. The molecule has 0 fully saturated rings. The molecule has 1 amide bonds. The molecule has 10 nitrogen and oxygen atoms in total. The van der Waals surface area contributed by atoms with Gasteiger partial charge in [0.15, 0.2) is 17.6 Å². The standard InChI is InChI=1S/C27H25N5O5S/c1-2-36-22-14-12-21(13-15-22)32-26(19-8-4-3-5-9-19)30-31-27(32)38-18-24(33)29-28-16-20-10-6-7-11-23(20)37-17-25(34)35/h3-16H,2,17-18H2,1H3,(H,29,33)(H,34,35)/b28-16+. The van der Waals surface area contributed by atoms with Crippen molar-refractivity contribution in [2.75, 3.05) is 19.0 Å². The summed E-state index contributed by atoms with van der Waals surface area (Å²) in [5, 5.41) is 22.1. The number of thioether (sulfide) groups is 1. The van der Waals surface area contributed by atoms with Gasteiger partial charge in [-0.05, 0) is 43.3 Å². The number of aliphatic carboxylic acids is 1. The molecule has 0 saturated heterocycles. The lowest BCUT2D eigenvalue weighted by Gasteiger charge is -2.11. The van der Waals surface area contributed by atoms with Crippen molar-refractivity contribution in [2.45, 2.75) is 12.1 Å². The fourth-order valence-corrected chi connectivity index (χ4v) is 4.17. The van der Waals surface area contributed by atoms with Crippen molar-refractivity contribution in [1.29, 1.82) is 0 Å². The zero-order valence-corrected chi connectivity index (χ0v) is 21.3. The number of hydrogen-bond acceptors (Lipinski definition) is 8. The van der Waals surface area contributed by atoms with Crippen molar-refractivity contribution in [3.05, 3.63) is 84.4 Å². The van der Waals surface area contributed by atoms with Crippen molar-refractivity contribution >= 4 is 29.9 Å². The van der Waals surface area contributed by atoms with E-state index in [1.54, 1.807) is 24.3 Å². The summed E-state index contributed by atoms with van der Waals surface area (Å²) in [5.74, 6) is 0.353. The van der Waals surface area contributed by atoms with Crippen molar-refractivity contribution in [3.63, 3.8) is 0 Å². The molecule has 194 valence electrons. The van der Waals surface area contributed by atoms with Gasteiger partial charge in [-0.3, -0.25) is 9.36 Å². The van der Waals surface area contributed by atoms with Gasteiger partial charge < -0.3 is 14.6 Å². The number of rotatable bonds is 12. The molecule has 0 unspecified atom stereocenters. The molecular formula is C27H25N5O5S. The first-order valence-corrected chi connectivity index (χ1v) is 12.7. The predicted molar refractivity (Wildman–Crippen MR) is 144 cm³/mol. The molecule has 2 N–H and O–H groups in total. The molecule has 0 aliphatic heterocycles. The Kier molecular flexibility index (Phi) is 9.08. The van der Waals surface area contributed by atoms with Crippen LogP contribution in [0.2, 0.25) is 0 Å². The summed E-state index contributed by atoms with van der Waals surface area (Å²) in [5.41, 5.74) is 4.73. The van der Waals surface area contributed by atoms with Crippen molar-refractivity contribution in [2.24, 2.45) is 5.10 Å². The molecule has 1 heterocycles. The summed E-state index contributed by atoms with van der Waals surface area (Å²) in [6.07, 6.45) is 1.40. The molecule has 0 radical (unpaired) electrons. The quantitative estimate of drug-likeness (QED) is 0.159. The van der Waals surface area contributed by atoms with E-state index in [2.05, 4.69) is 20.7 Å². The molecule has 11 heteroatoms. The highest BCUT2D eigenvalue weighted by molar-refractivity contribution is 7.99. The van der Waals surface area contributed by atoms with Crippen LogP contribution in [0.4, 0.5) is 0 Å². The van der Waals surface area contributed by atoms with E-state index in [1.165, 1.54) is 18.0 Å². The number of nitrogens with one attached hydrogen (secondary N) is 1. The third-order valence-electron chi connectivity index (χ3n) is 5.07. The summed E-state index contributed by atoms with van der Waals surface area (Å²) >= 11 is 1.22. The molecule has 4 aromatic rings. The molecule has 0 saturated carbocycles. The number of carboxylic acids is 1. The predicted octanol–water partition coefficient (Wildman–Crippen LogP) is 4.04. The molecule has 3 aromatic carbocycles. The summed E-state index contributed by atoms with van der Waals surface area (Å²) in [7, 11) is 0. The molecular weight excluding hydrogens is 506 g/mol. The Morgan fingerprint density at radius 2 is 1.74 bits per heavy atom. The summed E-state index contributed by atoms with van der Waals surface area (Å²) < 4.78 is 12.7. The maximum atomic E-state index is 12.5. The lowest BCUT2D eigenvalue weighted by Crippen LogP contribution is -2.20. The summed E-state index contributed by atoms with van der Waals surface area (Å²) in [4.78, 5) is 23.3. The van der Waals surface area contributed by atoms with Crippen LogP contribution in [0.3, 0.4) is 0 Å². The van der Waals surface area contributed by atoms with E-state index >= 15 is 0 Å². The number of nitrogens with zero attached hydrogens (tertiary/aromatic N) is 4. The van der Waals surface area contributed by atoms with E-state index in [1.807, 2.05) is 66.1 Å². The van der Waals surface area contributed by atoms with Crippen molar-refractivity contribution < 1.29 is 24.2 Å². The van der Waals surface area contributed by atoms with Gasteiger partial charge in [0.25, 0.3) is 5.91 Å². The number of para-hydroxylation sites is 1. The van der Waals surface area contributed by atoms with Crippen LogP contribution in [-0.2, 0) is 9.59 Å². The lowest BCUT2D eigenvalue weighted by molar-refractivity contribution is -0.139. The van der Waals surface area contributed by atoms with Crippen molar-refractivity contribution in [3.8, 4) is 28.6 Å². The smallest absolute Gasteiger partial charge is 0.341 e. The van der Waals surface area contributed by atoms with E-state index in [0.29, 0.717) is 28.9 Å².